The van der Waals surface area contributed by atoms with Crippen LogP contribution >= 0.6 is 0 Å². The smallest absolute Gasteiger partial charge is 0.244 e. The summed E-state index contributed by atoms with van der Waals surface area (Å²) in [5, 5.41) is 4.05. The van der Waals surface area contributed by atoms with Gasteiger partial charge >= 0.3 is 0 Å². The molecule has 1 heterocycles. The third kappa shape index (κ3) is 2.60. The van der Waals surface area contributed by atoms with Crippen molar-refractivity contribution in [3.63, 3.8) is 0 Å². The molecule has 2 aliphatic carbocycles. The summed E-state index contributed by atoms with van der Waals surface area (Å²) in [6, 6.07) is 0. The normalized spacial score (nSPS) is 28.8. The number of rotatable bonds is 4. The summed E-state index contributed by atoms with van der Waals surface area (Å²) < 4.78 is 1.61. The number of nitrogens with two attached hydrogens (primary N) is 1. The molecule has 0 spiro atoms. The maximum Gasteiger partial charge on any atom is 0.244 e. The molecule has 0 aromatic carbocycles. The van der Waals surface area contributed by atoms with Crippen molar-refractivity contribution in [1.82, 2.24) is 14.7 Å². The molecular weight excluding hydrogens is 240 g/mol. The quantitative estimate of drug-likeness (QED) is 0.891. The van der Waals surface area contributed by atoms with Gasteiger partial charge in [0.05, 0.1) is 11.9 Å². The van der Waals surface area contributed by atoms with Crippen molar-refractivity contribution in [3.8, 4) is 0 Å². The van der Waals surface area contributed by atoms with E-state index in [-0.39, 0.29) is 12.5 Å². The molecule has 2 bridgehead atoms. The lowest BCUT2D eigenvalue weighted by Crippen LogP contribution is -2.35. The van der Waals surface area contributed by atoms with Crippen molar-refractivity contribution >= 4 is 11.6 Å². The highest BCUT2D eigenvalue weighted by Crippen LogP contribution is 2.48. The van der Waals surface area contributed by atoms with Crippen LogP contribution in [0.4, 0.5) is 5.69 Å². The number of nitrogen functional groups attached to an aromatic ring is 1. The number of carbonyl (C=O) groups excluding carboxylic acids is 1. The molecule has 1 aromatic heterocycles. The van der Waals surface area contributed by atoms with Crippen LogP contribution in [-0.4, -0.2) is 34.2 Å². The van der Waals surface area contributed by atoms with Crippen LogP contribution in [0.25, 0.3) is 0 Å². The first-order valence-corrected chi connectivity index (χ1v) is 7.13. The van der Waals surface area contributed by atoms with Crippen molar-refractivity contribution in [2.75, 3.05) is 19.3 Å². The number of nitrogens with zero attached hydrogens (tertiary/aromatic N) is 3. The van der Waals surface area contributed by atoms with Crippen LogP contribution in [0, 0.1) is 17.8 Å². The van der Waals surface area contributed by atoms with E-state index in [0.717, 1.165) is 24.3 Å². The summed E-state index contributed by atoms with van der Waals surface area (Å²) in [5.41, 5.74) is 6.20. The second-order valence-corrected chi connectivity index (χ2v) is 6.18. The number of fused-ring (bicyclic) bond motifs is 2. The Balaban J connectivity index is 1.52. The van der Waals surface area contributed by atoms with Gasteiger partial charge in [0, 0.05) is 19.8 Å². The highest BCUT2D eigenvalue weighted by atomic mass is 16.2. The highest BCUT2D eigenvalue weighted by Gasteiger charge is 2.40. The Morgan fingerprint density at radius 3 is 2.95 bits per heavy atom. The Bertz CT molecular complexity index is 470. The number of anilines is 1. The van der Waals surface area contributed by atoms with E-state index in [1.54, 1.807) is 17.1 Å². The van der Waals surface area contributed by atoms with Gasteiger partial charge < -0.3 is 10.6 Å². The van der Waals surface area contributed by atoms with Gasteiger partial charge in [-0.25, -0.2) is 0 Å². The maximum atomic E-state index is 12.1. The number of amides is 1. The van der Waals surface area contributed by atoms with Crippen molar-refractivity contribution in [1.29, 1.82) is 0 Å². The van der Waals surface area contributed by atoms with Crippen LogP contribution in [0.1, 0.15) is 25.7 Å². The molecular formula is C14H22N4O. The molecule has 0 saturated heterocycles. The molecule has 3 atom stereocenters. The standard InChI is InChI=1S/C14H22N4O/c1-17(7-12-5-10-2-3-11(12)4-10)14(19)9-18-8-13(15)6-16-18/h6,8,10-12H,2-5,7,9,15H2,1H3. The third-order valence-electron chi connectivity index (χ3n) is 4.77. The number of aromatic nitrogens is 2. The summed E-state index contributed by atoms with van der Waals surface area (Å²) in [7, 11) is 1.90. The van der Waals surface area contributed by atoms with E-state index in [0.29, 0.717) is 5.69 Å². The maximum absolute atomic E-state index is 12.1. The van der Waals surface area contributed by atoms with Crippen molar-refractivity contribution < 1.29 is 4.79 Å². The van der Waals surface area contributed by atoms with E-state index in [2.05, 4.69) is 5.10 Å². The zero-order chi connectivity index (χ0) is 13.4. The highest BCUT2D eigenvalue weighted by molar-refractivity contribution is 5.75. The van der Waals surface area contributed by atoms with Crippen molar-refractivity contribution in [2.45, 2.75) is 32.2 Å². The Kier molecular flexibility index (Phi) is 3.21. The van der Waals surface area contributed by atoms with E-state index >= 15 is 0 Å². The first kappa shape index (κ1) is 12.5. The summed E-state index contributed by atoms with van der Waals surface area (Å²) in [6.45, 7) is 1.19. The molecule has 5 heteroatoms. The van der Waals surface area contributed by atoms with Crippen LogP contribution in [0.3, 0.4) is 0 Å². The lowest BCUT2D eigenvalue weighted by atomic mass is 9.88. The summed E-state index contributed by atoms with van der Waals surface area (Å²) in [6.07, 6.45) is 8.75. The fourth-order valence-corrected chi connectivity index (χ4v) is 3.78. The average molecular weight is 262 g/mol. The lowest BCUT2D eigenvalue weighted by molar-refractivity contribution is -0.131. The van der Waals surface area contributed by atoms with E-state index in [1.165, 1.54) is 25.7 Å². The van der Waals surface area contributed by atoms with Gasteiger partial charge in [0.25, 0.3) is 0 Å². The Morgan fingerprint density at radius 1 is 1.53 bits per heavy atom. The van der Waals surface area contributed by atoms with E-state index in [1.807, 2.05) is 11.9 Å². The fourth-order valence-electron chi connectivity index (χ4n) is 3.78. The molecule has 104 valence electrons. The predicted octanol–water partition coefficient (Wildman–Crippen LogP) is 1.36. The molecule has 3 unspecified atom stereocenters. The molecule has 1 aromatic rings. The summed E-state index contributed by atoms with van der Waals surface area (Å²) in [5.74, 6) is 2.63. The molecule has 2 fully saturated rings. The van der Waals surface area contributed by atoms with E-state index < -0.39 is 0 Å². The van der Waals surface area contributed by atoms with E-state index in [4.69, 9.17) is 5.73 Å². The van der Waals surface area contributed by atoms with Gasteiger partial charge in [-0.2, -0.15) is 5.10 Å². The van der Waals surface area contributed by atoms with Crippen molar-refractivity contribution in [3.05, 3.63) is 12.4 Å². The van der Waals surface area contributed by atoms with Gasteiger partial charge in [0.15, 0.2) is 0 Å². The van der Waals surface area contributed by atoms with Gasteiger partial charge in [-0.15, -0.1) is 0 Å². The molecule has 0 radical (unpaired) electrons. The average Bonchev–Trinajstić information content (AvgIpc) is 3.06. The second kappa shape index (κ2) is 4.87. The first-order chi connectivity index (χ1) is 9.11. The summed E-state index contributed by atoms with van der Waals surface area (Å²) >= 11 is 0. The topological polar surface area (TPSA) is 64.2 Å². The van der Waals surface area contributed by atoms with Gasteiger partial charge in [0.2, 0.25) is 5.91 Å². The Hall–Kier alpha value is -1.52. The van der Waals surface area contributed by atoms with Gasteiger partial charge in [0.1, 0.15) is 6.54 Å². The molecule has 5 nitrogen and oxygen atoms in total. The van der Waals surface area contributed by atoms with Gasteiger partial charge in [-0.05, 0) is 37.0 Å². The second-order valence-electron chi connectivity index (χ2n) is 6.18. The fraction of sp³-hybridized carbons (Fsp3) is 0.714. The Labute approximate surface area is 113 Å². The molecule has 2 aliphatic rings. The zero-order valence-electron chi connectivity index (χ0n) is 11.5. The molecule has 19 heavy (non-hydrogen) atoms. The molecule has 1 amide bonds. The number of carbonyl (C=O) groups is 1. The summed E-state index contributed by atoms with van der Waals surface area (Å²) in [4.78, 5) is 14.0. The minimum atomic E-state index is 0.117. The van der Waals surface area contributed by atoms with Gasteiger partial charge in [-0.3, -0.25) is 9.48 Å². The van der Waals surface area contributed by atoms with Crippen LogP contribution < -0.4 is 5.73 Å². The molecule has 0 aliphatic heterocycles. The van der Waals surface area contributed by atoms with Crippen LogP contribution in [-0.2, 0) is 11.3 Å². The minimum absolute atomic E-state index is 0.117. The SMILES string of the molecule is CN(CC1CC2CCC1C2)C(=O)Cn1cc(N)cn1. The Morgan fingerprint density at radius 2 is 2.37 bits per heavy atom. The number of hydrogen-bond acceptors (Lipinski definition) is 3. The van der Waals surface area contributed by atoms with E-state index in [9.17, 15) is 4.79 Å². The van der Waals surface area contributed by atoms with Crippen molar-refractivity contribution in [2.24, 2.45) is 17.8 Å². The predicted molar refractivity (Wildman–Crippen MR) is 73.2 cm³/mol. The van der Waals surface area contributed by atoms with Gasteiger partial charge in [-0.1, -0.05) is 6.42 Å². The third-order valence-corrected chi connectivity index (χ3v) is 4.77. The van der Waals surface area contributed by atoms with Crippen LogP contribution in [0.15, 0.2) is 12.4 Å². The van der Waals surface area contributed by atoms with Crippen LogP contribution in [0.2, 0.25) is 0 Å². The molecule has 2 saturated carbocycles. The number of likely N-dealkylation sites (N-methyl/N-ethyl adjacent to an activating group) is 1. The minimum Gasteiger partial charge on any atom is -0.396 e. The first-order valence-electron chi connectivity index (χ1n) is 7.13. The van der Waals surface area contributed by atoms with Crippen LogP contribution in [0.5, 0.6) is 0 Å². The molecule has 2 N–H and O–H groups in total. The number of hydrogen-bond donors (Lipinski definition) is 1. The largest absolute Gasteiger partial charge is 0.396 e. The zero-order valence-corrected chi connectivity index (χ0v) is 11.5. The molecule has 3 rings (SSSR count). The lowest BCUT2D eigenvalue weighted by Gasteiger charge is -2.27. The monoisotopic (exact) mass is 262 g/mol.